The van der Waals surface area contributed by atoms with Crippen LogP contribution in [-0.2, 0) is 6.54 Å². The molecule has 1 unspecified atom stereocenters. The van der Waals surface area contributed by atoms with Crippen molar-refractivity contribution in [2.75, 3.05) is 13.1 Å². The Morgan fingerprint density at radius 1 is 1.32 bits per heavy atom. The van der Waals surface area contributed by atoms with E-state index in [2.05, 4.69) is 10.4 Å². The van der Waals surface area contributed by atoms with Gasteiger partial charge in [-0.15, -0.1) is 0 Å². The first-order valence-corrected chi connectivity index (χ1v) is 9.07. The van der Waals surface area contributed by atoms with Crippen molar-refractivity contribution in [2.24, 2.45) is 5.41 Å². The molecule has 0 bridgehead atoms. The number of hydrogen-bond donors (Lipinski definition) is 1. The summed E-state index contributed by atoms with van der Waals surface area (Å²) in [5, 5.41) is 8.75. The molecule has 1 aliphatic carbocycles. The first-order chi connectivity index (χ1) is 12.1. The summed E-state index contributed by atoms with van der Waals surface area (Å²) in [6.07, 6.45) is 6.63. The van der Waals surface area contributed by atoms with Crippen LogP contribution >= 0.6 is 0 Å². The smallest absolute Gasteiger partial charge is 0.317 e. The molecule has 1 saturated carbocycles. The standard InChI is InChI=1S/C19H24N4O2/c1-14(21-18(25)22-10-9-19(13-22)7-4-8-19)12-23-17(24)16-6-3-2-5-15(16)11-20-23/h2-3,5-6,11,14H,4,7-10,12-13H2,1H3,(H,21,25). The first kappa shape index (κ1) is 16.1. The third kappa shape index (κ3) is 3.01. The maximum Gasteiger partial charge on any atom is 0.317 e. The number of carbonyl (C=O) groups excluding carboxylic acids is 1. The van der Waals surface area contributed by atoms with E-state index in [9.17, 15) is 9.59 Å². The molecule has 2 amide bonds. The summed E-state index contributed by atoms with van der Waals surface area (Å²) in [5.74, 6) is 0. The lowest BCUT2D eigenvalue weighted by Gasteiger charge is -2.38. The van der Waals surface area contributed by atoms with E-state index >= 15 is 0 Å². The summed E-state index contributed by atoms with van der Waals surface area (Å²) in [6.45, 7) is 4.00. The van der Waals surface area contributed by atoms with Gasteiger partial charge in [-0.25, -0.2) is 9.48 Å². The normalized spacial score (nSPS) is 19.8. The molecule has 4 rings (SSSR count). The van der Waals surface area contributed by atoms with E-state index in [0.717, 1.165) is 24.9 Å². The van der Waals surface area contributed by atoms with Crippen LogP contribution in [-0.4, -0.2) is 39.8 Å². The zero-order valence-corrected chi connectivity index (χ0v) is 14.6. The van der Waals surface area contributed by atoms with Crippen molar-refractivity contribution in [2.45, 2.75) is 45.2 Å². The van der Waals surface area contributed by atoms with Crippen LogP contribution in [0.5, 0.6) is 0 Å². The van der Waals surface area contributed by atoms with Gasteiger partial charge in [0, 0.05) is 24.5 Å². The lowest BCUT2D eigenvalue weighted by molar-refractivity contribution is 0.140. The average molecular weight is 340 g/mol. The molecule has 1 spiro atoms. The molecule has 0 radical (unpaired) electrons. The molecule has 132 valence electrons. The molecule has 2 aromatic rings. The quantitative estimate of drug-likeness (QED) is 0.933. The summed E-state index contributed by atoms with van der Waals surface area (Å²) in [7, 11) is 0. The van der Waals surface area contributed by atoms with Crippen LogP contribution in [0.15, 0.2) is 35.3 Å². The third-order valence-corrected chi connectivity index (χ3v) is 5.72. The molecule has 1 aromatic heterocycles. The van der Waals surface area contributed by atoms with Gasteiger partial charge in [0.15, 0.2) is 0 Å². The molecule has 25 heavy (non-hydrogen) atoms. The highest BCUT2D eigenvalue weighted by Crippen LogP contribution is 2.47. The number of likely N-dealkylation sites (tertiary alicyclic amines) is 1. The summed E-state index contributed by atoms with van der Waals surface area (Å²) >= 11 is 0. The van der Waals surface area contributed by atoms with Crippen molar-refractivity contribution >= 4 is 16.8 Å². The summed E-state index contributed by atoms with van der Waals surface area (Å²) < 4.78 is 1.44. The molecular formula is C19H24N4O2. The zero-order chi connectivity index (χ0) is 17.4. The Bertz CT molecular complexity index is 856. The second-order valence-electron chi connectivity index (χ2n) is 7.59. The molecular weight excluding hydrogens is 316 g/mol. The van der Waals surface area contributed by atoms with Crippen molar-refractivity contribution in [3.63, 3.8) is 0 Å². The second kappa shape index (κ2) is 6.17. The lowest BCUT2D eigenvalue weighted by Crippen LogP contribution is -2.46. The molecule has 6 nitrogen and oxygen atoms in total. The van der Waals surface area contributed by atoms with Crippen LogP contribution in [0.4, 0.5) is 4.79 Å². The molecule has 6 heteroatoms. The Morgan fingerprint density at radius 3 is 2.84 bits per heavy atom. The molecule has 2 fully saturated rings. The van der Waals surface area contributed by atoms with E-state index in [0.29, 0.717) is 17.3 Å². The van der Waals surface area contributed by atoms with Gasteiger partial charge < -0.3 is 10.2 Å². The Morgan fingerprint density at radius 2 is 2.12 bits per heavy atom. The second-order valence-corrected chi connectivity index (χ2v) is 7.59. The minimum atomic E-state index is -0.156. The van der Waals surface area contributed by atoms with Gasteiger partial charge in [-0.1, -0.05) is 24.6 Å². The Balaban J connectivity index is 1.40. The number of nitrogens with one attached hydrogen (secondary N) is 1. The largest absolute Gasteiger partial charge is 0.334 e. The van der Waals surface area contributed by atoms with E-state index in [1.165, 1.54) is 23.9 Å². The van der Waals surface area contributed by atoms with E-state index in [4.69, 9.17) is 0 Å². The Hall–Kier alpha value is -2.37. The molecule has 1 atom stereocenters. The van der Waals surface area contributed by atoms with Crippen molar-refractivity contribution in [3.8, 4) is 0 Å². The van der Waals surface area contributed by atoms with Crippen LogP contribution < -0.4 is 10.9 Å². The van der Waals surface area contributed by atoms with Crippen molar-refractivity contribution in [1.29, 1.82) is 0 Å². The monoisotopic (exact) mass is 340 g/mol. The van der Waals surface area contributed by atoms with E-state index < -0.39 is 0 Å². The van der Waals surface area contributed by atoms with E-state index in [1.54, 1.807) is 12.3 Å². The predicted molar refractivity (Wildman–Crippen MR) is 96.5 cm³/mol. The number of rotatable bonds is 3. The number of fused-ring (bicyclic) bond motifs is 1. The summed E-state index contributed by atoms with van der Waals surface area (Å²) in [6, 6.07) is 7.25. The highest BCUT2D eigenvalue weighted by molar-refractivity contribution is 5.80. The fraction of sp³-hybridized carbons (Fsp3) is 0.526. The third-order valence-electron chi connectivity index (χ3n) is 5.72. The molecule has 1 aromatic carbocycles. The fourth-order valence-electron chi connectivity index (χ4n) is 4.06. The number of amides is 2. The number of carbonyl (C=O) groups is 1. The van der Waals surface area contributed by atoms with E-state index in [1.807, 2.05) is 30.0 Å². The molecule has 1 aliphatic heterocycles. The van der Waals surface area contributed by atoms with Crippen LogP contribution in [0.1, 0.15) is 32.6 Å². The highest BCUT2D eigenvalue weighted by Gasteiger charge is 2.44. The van der Waals surface area contributed by atoms with Gasteiger partial charge in [0.2, 0.25) is 0 Å². The van der Waals surface area contributed by atoms with Crippen LogP contribution in [0.3, 0.4) is 0 Å². The topological polar surface area (TPSA) is 67.2 Å². The number of benzene rings is 1. The fourth-order valence-corrected chi connectivity index (χ4v) is 4.06. The maximum absolute atomic E-state index is 12.5. The summed E-state index contributed by atoms with van der Waals surface area (Å²) in [4.78, 5) is 26.9. The first-order valence-electron chi connectivity index (χ1n) is 9.07. The van der Waals surface area contributed by atoms with Crippen molar-refractivity contribution in [1.82, 2.24) is 20.0 Å². The lowest BCUT2D eigenvalue weighted by atomic mass is 9.68. The van der Waals surface area contributed by atoms with Gasteiger partial charge in [0.25, 0.3) is 5.56 Å². The Labute approximate surface area is 146 Å². The zero-order valence-electron chi connectivity index (χ0n) is 14.6. The van der Waals surface area contributed by atoms with Crippen LogP contribution in [0.2, 0.25) is 0 Å². The molecule has 1 N–H and O–H groups in total. The van der Waals surface area contributed by atoms with Gasteiger partial charge in [-0.05, 0) is 37.7 Å². The average Bonchev–Trinajstić information content (AvgIpc) is 3.04. The SMILES string of the molecule is CC(Cn1ncc2ccccc2c1=O)NC(=O)N1CCC2(CCC2)C1. The molecule has 2 aliphatic rings. The van der Waals surface area contributed by atoms with Gasteiger partial charge in [-0.2, -0.15) is 5.10 Å². The molecule has 1 saturated heterocycles. The minimum Gasteiger partial charge on any atom is -0.334 e. The maximum atomic E-state index is 12.5. The summed E-state index contributed by atoms with van der Waals surface area (Å²) in [5.41, 5.74) is 0.283. The predicted octanol–water partition coefficient (Wildman–Crippen LogP) is 2.37. The van der Waals surface area contributed by atoms with E-state index in [-0.39, 0.29) is 17.6 Å². The number of hydrogen-bond acceptors (Lipinski definition) is 3. The van der Waals surface area contributed by atoms with Gasteiger partial charge in [-0.3, -0.25) is 4.79 Å². The van der Waals surface area contributed by atoms with Crippen molar-refractivity contribution < 1.29 is 4.79 Å². The number of urea groups is 1. The van der Waals surface area contributed by atoms with Gasteiger partial charge in [0.1, 0.15) is 0 Å². The minimum absolute atomic E-state index is 0.0230. The van der Waals surface area contributed by atoms with Gasteiger partial charge >= 0.3 is 6.03 Å². The van der Waals surface area contributed by atoms with Gasteiger partial charge in [0.05, 0.1) is 18.1 Å². The highest BCUT2D eigenvalue weighted by atomic mass is 16.2. The van der Waals surface area contributed by atoms with Crippen molar-refractivity contribution in [3.05, 3.63) is 40.8 Å². The van der Waals surface area contributed by atoms with Crippen LogP contribution in [0, 0.1) is 5.41 Å². The Kier molecular flexibility index (Phi) is 3.98. The number of aromatic nitrogens is 2. The van der Waals surface area contributed by atoms with Crippen LogP contribution in [0.25, 0.3) is 10.8 Å². The molecule has 2 heterocycles. The number of nitrogens with zero attached hydrogens (tertiary/aromatic N) is 3.